The number of ether oxygens (including phenoxy) is 2. The van der Waals surface area contributed by atoms with Gasteiger partial charge in [0.15, 0.2) is 0 Å². The van der Waals surface area contributed by atoms with Crippen LogP contribution in [0, 0.1) is 0 Å². The summed E-state index contributed by atoms with van der Waals surface area (Å²) in [6.07, 6.45) is 4.03. The summed E-state index contributed by atoms with van der Waals surface area (Å²) >= 11 is 5.98. The maximum atomic E-state index is 5.98. The van der Waals surface area contributed by atoms with Crippen molar-refractivity contribution in [2.24, 2.45) is 0 Å². The summed E-state index contributed by atoms with van der Waals surface area (Å²) in [7, 11) is 0. The molecule has 0 amide bonds. The molecule has 1 aliphatic rings. The van der Waals surface area contributed by atoms with Gasteiger partial charge in [-0.15, -0.1) is 0 Å². The molecule has 128 valence electrons. The van der Waals surface area contributed by atoms with E-state index in [1.807, 2.05) is 36.4 Å². The second-order valence-electron chi connectivity index (χ2n) is 6.18. The molecule has 1 saturated heterocycles. The van der Waals surface area contributed by atoms with Gasteiger partial charge in [-0.3, -0.25) is 0 Å². The van der Waals surface area contributed by atoms with Crippen LogP contribution in [0.4, 0.5) is 0 Å². The maximum absolute atomic E-state index is 5.98. The molecule has 1 atom stereocenters. The van der Waals surface area contributed by atoms with Gasteiger partial charge in [0.05, 0.1) is 6.10 Å². The Kier molecular flexibility index (Phi) is 6.53. The van der Waals surface area contributed by atoms with Crippen LogP contribution < -0.4 is 10.1 Å². The summed E-state index contributed by atoms with van der Waals surface area (Å²) in [5.74, 6) is 0.870. The van der Waals surface area contributed by atoms with E-state index >= 15 is 0 Å². The molecule has 1 fully saturated rings. The Bertz CT molecular complexity index is 624. The predicted molar refractivity (Wildman–Crippen MR) is 97.5 cm³/mol. The highest BCUT2D eigenvalue weighted by Gasteiger charge is 2.12. The number of hydrogen-bond donors (Lipinski definition) is 1. The molecule has 0 radical (unpaired) electrons. The number of nitrogens with one attached hydrogen (secondary N) is 1. The molecule has 0 bridgehead atoms. The van der Waals surface area contributed by atoms with Crippen molar-refractivity contribution in [2.45, 2.75) is 38.5 Å². The van der Waals surface area contributed by atoms with Crippen LogP contribution in [0.2, 0.25) is 5.02 Å². The lowest BCUT2D eigenvalue weighted by molar-refractivity contribution is 0.0168. The minimum Gasteiger partial charge on any atom is -0.489 e. The van der Waals surface area contributed by atoms with Gasteiger partial charge in [0, 0.05) is 24.7 Å². The lowest BCUT2D eigenvalue weighted by Crippen LogP contribution is -2.31. The molecule has 0 aromatic heterocycles. The normalized spacial score (nSPS) is 17.6. The number of hydrogen-bond acceptors (Lipinski definition) is 3. The first kappa shape index (κ1) is 17.3. The third-order valence-electron chi connectivity index (χ3n) is 4.19. The molecule has 0 unspecified atom stereocenters. The highest BCUT2D eigenvalue weighted by Crippen LogP contribution is 2.16. The van der Waals surface area contributed by atoms with Crippen molar-refractivity contribution in [1.29, 1.82) is 0 Å². The quantitative estimate of drug-likeness (QED) is 0.796. The Hall–Kier alpha value is -1.55. The van der Waals surface area contributed by atoms with E-state index in [4.69, 9.17) is 21.1 Å². The van der Waals surface area contributed by atoms with E-state index in [0.29, 0.717) is 12.7 Å². The van der Waals surface area contributed by atoms with E-state index < -0.39 is 0 Å². The SMILES string of the molecule is Clc1cccc(COc2ccc(CNC[C@@H]3CCCCO3)cc2)c1. The molecule has 24 heavy (non-hydrogen) atoms. The van der Waals surface area contributed by atoms with Crippen molar-refractivity contribution in [2.75, 3.05) is 13.2 Å². The summed E-state index contributed by atoms with van der Waals surface area (Å²) in [6, 6.07) is 16.0. The van der Waals surface area contributed by atoms with Crippen molar-refractivity contribution >= 4 is 11.6 Å². The van der Waals surface area contributed by atoms with Gasteiger partial charge in [0.2, 0.25) is 0 Å². The average Bonchev–Trinajstić information content (AvgIpc) is 2.62. The standard InChI is InChI=1S/C20H24ClNO2/c21-18-5-3-4-17(12-18)15-24-19-9-7-16(8-10-19)13-22-14-20-6-1-2-11-23-20/h3-5,7-10,12,20,22H,1-2,6,11,13-15H2/t20-/m0/s1. The van der Waals surface area contributed by atoms with E-state index in [1.165, 1.54) is 24.8 Å². The van der Waals surface area contributed by atoms with Gasteiger partial charge in [-0.25, -0.2) is 0 Å². The van der Waals surface area contributed by atoms with Gasteiger partial charge in [0.1, 0.15) is 12.4 Å². The van der Waals surface area contributed by atoms with Crippen molar-refractivity contribution in [3.63, 3.8) is 0 Å². The van der Waals surface area contributed by atoms with Gasteiger partial charge in [-0.2, -0.15) is 0 Å². The van der Waals surface area contributed by atoms with Crippen LogP contribution in [0.5, 0.6) is 5.75 Å². The fraction of sp³-hybridized carbons (Fsp3) is 0.400. The van der Waals surface area contributed by atoms with Gasteiger partial charge in [0.25, 0.3) is 0 Å². The molecule has 1 N–H and O–H groups in total. The van der Waals surface area contributed by atoms with Gasteiger partial charge < -0.3 is 14.8 Å². The fourth-order valence-electron chi connectivity index (χ4n) is 2.84. The number of halogens is 1. The Morgan fingerprint density at radius 1 is 1.08 bits per heavy atom. The lowest BCUT2D eigenvalue weighted by Gasteiger charge is -2.22. The van der Waals surface area contributed by atoms with Crippen LogP contribution in [0.1, 0.15) is 30.4 Å². The van der Waals surface area contributed by atoms with E-state index in [-0.39, 0.29) is 0 Å². The van der Waals surface area contributed by atoms with E-state index in [0.717, 1.165) is 36.0 Å². The molecule has 3 rings (SSSR count). The van der Waals surface area contributed by atoms with E-state index in [2.05, 4.69) is 17.4 Å². The Morgan fingerprint density at radius 3 is 2.71 bits per heavy atom. The first-order chi connectivity index (χ1) is 11.8. The summed E-state index contributed by atoms with van der Waals surface area (Å²) in [5, 5.41) is 4.21. The zero-order chi connectivity index (χ0) is 16.6. The van der Waals surface area contributed by atoms with Gasteiger partial charge in [-0.05, 0) is 54.7 Å². The lowest BCUT2D eigenvalue weighted by atomic mass is 10.1. The third kappa shape index (κ3) is 5.52. The third-order valence-corrected chi connectivity index (χ3v) is 4.43. The minimum atomic E-state index is 0.374. The highest BCUT2D eigenvalue weighted by molar-refractivity contribution is 6.30. The maximum Gasteiger partial charge on any atom is 0.119 e. The van der Waals surface area contributed by atoms with Gasteiger partial charge >= 0.3 is 0 Å². The second kappa shape index (κ2) is 9.07. The average molecular weight is 346 g/mol. The molecule has 3 nitrogen and oxygen atoms in total. The van der Waals surface area contributed by atoms with Crippen molar-refractivity contribution in [3.8, 4) is 5.75 Å². The van der Waals surface area contributed by atoms with Crippen LogP contribution in [0.3, 0.4) is 0 Å². The highest BCUT2D eigenvalue weighted by atomic mass is 35.5. The van der Waals surface area contributed by atoms with Crippen molar-refractivity contribution in [1.82, 2.24) is 5.32 Å². The Labute approximate surface area is 148 Å². The van der Waals surface area contributed by atoms with E-state index in [1.54, 1.807) is 0 Å². The fourth-order valence-corrected chi connectivity index (χ4v) is 3.06. The summed E-state index contributed by atoms with van der Waals surface area (Å²) in [4.78, 5) is 0. The molecular formula is C20H24ClNO2. The Balaban J connectivity index is 1.41. The zero-order valence-corrected chi connectivity index (χ0v) is 14.6. The summed E-state index contributed by atoms with van der Waals surface area (Å²) < 4.78 is 11.5. The zero-order valence-electron chi connectivity index (χ0n) is 13.8. The van der Waals surface area contributed by atoms with Crippen LogP contribution in [0.15, 0.2) is 48.5 Å². The predicted octanol–water partition coefficient (Wildman–Crippen LogP) is 4.58. The molecule has 1 heterocycles. The topological polar surface area (TPSA) is 30.5 Å². The molecule has 2 aromatic rings. The number of benzene rings is 2. The van der Waals surface area contributed by atoms with Crippen LogP contribution in [0.25, 0.3) is 0 Å². The second-order valence-corrected chi connectivity index (χ2v) is 6.62. The first-order valence-corrected chi connectivity index (χ1v) is 8.96. The molecule has 4 heteroatoms. The van der Waals surface area contributed by atoms with Crippen LogP contribution >= 0.6 is 11.6 Å². The van der Waals surface area contributed by atoms with Crippen LogP contribution in [-0.2, 0) is 17.9 Å². The molecule has 0 spiro atoms. The molecule has 0 aliphatic carbocycles. The smallest absolute Gasteiger partial charge is 0.119 e. The first-order valence-electron chi connectivity index (χ1n) is 8.58. The van der Waals surface area contributed by atoms with Crippen LogP contribution in [-0.4, -0.2) is 19.3 Å². The summed E-state index contributed by atoms with van der Waals surface area (Å²) in [5.41, 5.74) is 2.32. The molecular weight excluding hydrogens is 322 g/mol. The largest absolute Gasteiger partial charge is 0.489 e. The number of rotatable bonds is 7. The monoisotopic (exact) mass is 345 g/mol. The molecule has 1 aliphatic heterocycles. The molecule has 0 saturated carbocycles. The van der Waals surface area contributed by atoms with Gasteiger partial charge in [-0.1, -0.05) is 35.9 Å². The van der Waals surface area contributed by atoms with Crippen molar-refractivity contribution < 1.29 is 9.47 Å². The summed E-state index contributed by atoms with van der Waals surface area (Å²) in [6.45, 7) is 3.21. The Morgan fingerprint density at radius 2 is 1.96 bits per heavy atom. The minimum absolute atomic E-state index is 0.374. The van der Waals surface area contributed by atoms with E-state index in [9.17, 15) is 0 Å². The molecule has 2 aromatic carbocycles. The van der Waals surface area contributed by atoms with Crippen molar-refractivity contribution in [3.05, 3.63) is 64.7 Å².